The van der Waals surface area contributed by atoms with Crippen molar-refractivity contribution in [2.24, 2.45) is 0 Å². The van der Waals surface area contributed by atoms with Gasteiger partial charge in [-0.3, -0.25) is 9.69 Å². The lowest BCUT2D eigenvalue weighted by Gasteiger charge is -2.26. The fourth-order valence-electron chi connectivity index (χ4n) is 1.33. The Morgan fingerprint density at radius 3 is 2.43 bits per heavy atom. The molecule has 1 heterocycles. The Labute approximate surface area is 97.6 Å². The molecule has 0 bridgehead atoms. The normalized spacial score (nSPS) is 16.4. The van der Waals surface area contributed by atoms with E-state index >= 15 is 0 Å². The Hall–Kier alpha value is -0.0300. The zero-order chi connectivity index (χ0) is 8.81. The maximum atomic E-state index is 11.1. The molecule has 0 spiro atoms. The van der Waals surface area contributed by atoms with Crippen molar-refractivity contribution in [3.05, 3.63) is 0 Å². The average Bonchev–Trinajstić information content (AvgIpc) is 2.06. The third kappa shape index (κ3) is 6.43. The van der Waals surface area contributed by atoms with E-state index in [0.717, 1.165) is 32.7 Å². The van der Waals surface area contributed by atoms with Crippen LogP contribution in [-0.4, -0.2) is 50.1 Å². The quantitative estimate of drug-likeness (QED) is 0.727. The summed E-state index contributed by atoms with van der Waals surface area (Å²) < 4.78 is 0. The molecule has 6 heteroatoms. The number of amides is 1. The molecule has 0 radical (unpaired) electrons. The maximum Gasteiger partial charge on any atom is 0.234 e. The van der Waals surface area contributed by atoms with Crippen LogP contribution in [0.2, 0.25) is 0 Å². The summed E-state index contributed by atoms with van der Waals surface area (Å²) in [5, 5.41) is 6.04. The third-order valence-electron chi connectivity index (χ3n) is 1.95. The van der Waals surface area contributed by atoms with Crippen LogP contribution in [0.1, 0.15) is 6.92 Å². The molecule has 0 aliphatic carbocycles. The van der Waals surface area contributed by atoms with Crippen LogP contribution in [0.5, 0.6) is 0 Å². The van der Waals surface area contributed by atoms with E-state index in [2.05, 4.69) is 15.5 Å². The molecule has 0 saturated carbocycles. The van der Waals surface area contributed by atoms with Gasteiger partial charge in [-0.25, -0.2) is 0 Å². The van der Waals surface area contributed by atoms with Crippen LogP contribution in [0.15, 0.2) is 0 Å². The summed E-state index contributed by atoms with van der Waals surface area (Å²) in [7, 11) is 0. The highest BCUT2D eigenvalue weighted by molar-refractivity contribution is 5.85. The molecular formula is C8H19Cl2N3O. The van der Waals surface area contributed by atoms with Gasteiger partial charge in [-0.05, 0) is 6.92 Å². The number of hydrogen-bond acceptors (Lipinski definition) is 3. The number of carbonyl (C=O) groups excluding carboxylic acids is 1. The SMILES string of the molecule is CCNC(=O)CN1CCNCC1.Cl.Cl. The molecule has 1 aliphatic heterocycles. The van der Waals surface area contributed by atoms with E-state index in [-0.39, 0.29) is 30.7 Å². The molecular weight excluding hydrogens is 225 g/mol. The topological polar surface area (TPSA) is 44.4 Å². The average molecular weight is 244 g/mol. The smallest absolute Gasteiger partial charge is 0.234 e. The van der Waals surface area contributed by atoms with Crippen LogP contribution >= 0.6 is 24.8 Å². The highest BCUT2D eigenvalue weighted by atomic mass is 35.5. The number of piperazine rings is 1. The first-order valence-electron chi connectivity index (χ1n) is 4.52. The van der Waals surface area contributed by atoms with Crippen LogP contribution in [0.25, 0.3) is 0 Å². The molecule has 14 heavy (non-hydrogen) atoms. The monoisotopic (exact) mass is 243 g/mol. The van der Waals surface area contributed by atoms with Crippen molar-refractivity contribution in [2.75, 3.05) is 39.3 Å². The number of carbonyl (C=O) groups is 1. The minimum atomic E-state index is 0. The van der Waals surface area contributed by atoms with Crippen molar-refractivity contribution < 1.29 is 4.79 Å². The predicted molar refractivity (Wildman–Crippen MR) is 62.5 cm³/mol. The zero-order valence-corrected chi connectivity index (χ0v) is 10.0. The standard InChI is InChI=1S/C8H17N3O.2ClH/c1-2-10-8(12)7-11-5-3-9-4-6-11;;/h9H,2-7H2,1H3,(H,10,12);2*1H. The molecule has 1 amide bonds. The van der Waals surface area contributed by atoms with Crippen molar-refractivity contribution in [2.45, 2.75) is 6.92 Å². The lowest BCUT2D eigenvalue weighted by molar-refractivity contribution is -0.122. The van der Waals surface area contributed by atoms with Gasteiger partial charge >= 0.3 is 0 Å². The first kappa shape index (κ1) is 16.4. The molecule has 0 aromatic rings. The summed E-state index contributed by atoms with van der Waals surface area (Å²) in [6.45, 7) is 7.18. The Morgan fingerprint density at radius 1 is 1.36 bits per heavy atom. The first-order chi connectivity index (χ1) is 5.83. The van der Waals surface area contributed by atoms with E-state index in [1.807, 2.05) is 6.92 Å². The Bertz CT molecular complexity index is 152. The molecule has 1 saturated heterocycles. The summed E-state index contributed by atoms with van der Waals surface area (Å²) in [5.41, 5.74) is 0. The van der Waals surface area contributed by atoms with Crippen molar-refractivity contribution in [3.8, 4) is 0 Å². The number of nitrogens with zero attached hydrogens (tertiary/aromatic N) is 1. The van der Waals surface area contributed by atoms with Crippen LogP contribution in [-0.2, 0) is 4.79 Å². The number of rotatable bonds is 3. The molecule has 0 atom stereocenters. The second-order valence-electron chi connectivity index (χ2n) is 2.98. The van der Waals surface area contributed by atoms with Gasteiger partial charge in [0.05, 0.1) is 6.54 Å². The van der Waals surface area contributed by atoms with Crippen molar-refractivity contribution in [1.29, 1.82) is 0 Å². The van der Waals surface area contributed by atoms with Crippen LogP contribution in [0.4, 0.5) is 0 Å². The molecule has 1 aliphatic rings. The van der Waals surface area contributed by atoms with Gasteiger partial charge in [0, 0.05) is 32.7 Å². The molecule has 4 nitrogen and oxygen atoms in total. The second-order valence-corrected chi connectivity index (χ2v) is 2.98. The summed E-state index contributed by atoms with van der Waals surface area (Å²) in [4.78, 5) is 13.3. The Balaban J connectivity index is 0. The lowest BCUT2D eigenvalue weighted by atomic mass is 10.3. The molecule has 0 unspecified atom stereocenters. The van der Waals surface area contributed by atoms with E-state index in [4.69, 9.17) is 0 Å². The summed E-state index contributed by atoms with van der Waals surface area (Å²) in [6.07, 6.45) is 0. The second kappa shape index (κ2) is 9.52. The van der Waals surface area contributed by atoms with Gasteiger partial charge in [0.2, 0.25) is 5.91 Å². The van der Waals surface area contributed by atoms with Gasteiger partial charge in [0.1, 0.15) is 0 Å². The predicted octanol–water partition coefficient (Wildman–Crippen LogP) is -0.129. The number of hydrogen-bond donors (Lipinski definition) is 2. The van der Waals surface area contributed by atoms with E-state index in [1.54, 1.807) is 0 Å². The highest BCUT2D eigenvalue weighted by Crippen LogP contribution is 1.90. The molecule has 86 valence electrons. The minimum Gasteiger partial charge on any atom is -0.355 e. The van der Waals surface area contributed by atoms with Gasteiger partial charge in [-0.2, -0.15) is 0 Å². The lowest BCUT2D eigenvalue weighted by Crippen LogP contribution is -2.47. The van der Waals surface area contributed by atoms with Gasteiger partial charge in [-0.15, -0.1) is 24.8 Å². The number of halogens is 2. The van der Waals surface area contributed by atoms with Crippen molar-refractivity contribution in [3.63, 3.8) is 0 Å². The van der Waals surface area contributed by atoms with Crippen LogP contribution < -0.4 is 10.6 Å². The molecule has 1 rings (SSSR count). The van der Waals surface area contributed by atoms with E-state index in [0.29, 0.717) is 6.54 Å². The third-order valence-corrected chi connectivity index (χ3v) is 1.95. The van der Waals surface area contributed by atoms with Gasteiger partial charge < -0.3 is 10.6 Å². The molecule has 0 aromatic heterocycles. The van der Waals surface area contributed by atoms with Crippen LogP contribution in [0.3, 0.4) is 0 Å². The summed E-state index contributed by atoms with van der Waals surface area (Å²) in [5.74, 6) is 0.138. The fourth-order valence-corrected chi connectivity index (χ4v) is 1.33. The van der Waals surface area contributed by atoms with Crippen molar-refractivity contribution in [1.82, 2.24) is 15.5 Å². The molecule has 0 aromatic carbocycles. The van der Waals surface area contributed by atoms with Gasteiger partial charge in [0.15, 0.2) is 0 Å². The minimum absolute atomic E-state index is 0. The fraction of sp³-hybridized carbons (Fsp3) is 0.875. The maximum absolute atomic E-state index is 11.1. The molecule has 1 fully saturated rings. The highest BCUT2D eigenvalue weighted by Gasteiger charge is 2.12. The summed E-state index contributed by atoms with van der Waals surface area (Å²) >= 11 is 0. The zero-order valence-electron chi connectivity index (χ0n) is 8.41. The van der Waals surface area contributed by atoms with Crippen LogP contribution in [0, 0.1) is 0 Å². The van der Waals surface area contributed by atoms with Crippen molar-refractivity contribution >= 4 is 30.7 Å². The van der Waals surface area contributed by atoms with E-state index in [1.165, 1.54) is 0 Å². The molecule has 2 N–H and O–H groups in total. The number of nitrogens with one attached hydrogen (secondary N) is 2. The number of likely N-dealkylation sites (N-methyl/N-ethyl adjacent to an activating group) is 1. The van der Waals surface area contributed by atoms with E-state index in [9.17, 15) is 4.79 Å². The summed E-state index contributed by atoms with van der Waals surface area (Å²) in [6, 6.07) is 0. The van der Waals surface area contributed by atoms with Gasteiger partial charge in [0.25, 0.3) is 0 Å². The Kier molecular flexibility index (Phi) is 11.2. The van der Waals surface area contributed by atoms with E-state index < -0.39 is 0 Å². The Morgan fingerprint density at radius 2 is 1.93 bits per heavy atom. The first-order valence-corrected chi connectivity index (χ1v) is 4.52. The van der Waals surface area contributed by atoms with Gasteiger partial charge in [-0.1, -0.05) is 0 Å². The largest absolute Gasteiger partial charge is 0.355 e.